The number of hydrogen-bond donors (Lipinski definition) is 2. The van der Waals surface area contributed by atoms with Crippen LogP contribution in [0, 0.1) is 11.3 Å². The Morgan fingerprint density at radius 2 is 1.79 bits per heavy atom. The molecular weight excluding hydrogens is 358 g/mol. The van der Waals surface area contributed by atoms with Crippen LogP contribution in [0.4, 0.5) is 17.2 Å². The van der Waals surface area contributed by atoms with Crippen LogP contribution in [0.5, 0.6) is 0 Å². The first-order chi connectivity index (χ1) is 13.6. The van der Waals surface area contributed by atoms with Gasteiger partial charge in [0.25, 0.3) is 5.91 Å². The van der Waals surface area contributed by atoms with Crippen molar-refractivity contribution in [2.45, 2.75) is 0 Å². The molecule has 3 aromatic rings. The zero-order valence-corrected chi connectivity index (χ0v) is 14.8. The van der Waals surface area contributed by atoms with Crippen molar-refractivity contribution in [3.05, 3.63) is 77.7 Å². The standard InChI is InChI=1S/C20H15N5O3/c1-28-20(27)13-6-8-15(9-7-13)24-19(26)17-11-23-18(12-22-17)25-16-5-3-2-4-14(16)10-21/h2-9,11-12H,1H3,(H,23,25)(H,24,26). The number of aromatic nitrogens is 2. The Balaban J connectivity index is 1.67. The highest BCUT2D eigenvalue weighted by molar-refractivity contribution is 6.03. The van der Waals surface area contributed by atoms with Crippen molar-refractivity contribution in [2.75, 3.05) is 17.7 Å². The number of benzene rings is 2. The molecule has 0 unspecified atom stereocenters. The van der Waals surface area contributed by atoms with Crippen molar-refractivity contribution in [1.82, 2.24) is 9.97 Å². The van der Waals surface area contributed by atoms with E-state index in [2.05, 4.69) is 31.4 Å². The van der Waals surface area contributed by atoms with Gasteiger partial charge in [0.15, 0.2) is 0 Å². The molecule has 1 amide bonds. The SMILES string of the molecule is COC(=O)c1ccc(NC(=O)c2cnc(Nc3ccccc3C#N)cn2)cc1. The lowest BCUT2D eigenvalue weighted by atomic mass is 10.2. The number of rotatable bonds is 5. The minimum absolute atomic E-state index is 0.121. The Kier molecular flexibility index (Phi) is 5.58. The second-order valence-electron chi connectivity index (χ2n) is 5.59. The number of anilines is 3. The summed E-state index contributed by atoms with van der Waals surface area (Å²) in [7, 11) is 1.30. The number of nitriles is 1. The molecule has 2 aromatic carbocycles. The zero-order chi connectivity index (χ0) is 19.9. The fourth-order valence-electron chi connectivity index (χ4n) is 2.34. The third-order valence-electron chi connectivity index (χ3n) is 3.76. The molecule has 0 bridgehead atoms. The maximum Gasteiger partial charge on any atom is 0.337 e. The van der Waals surface area contributed by atoms with E-state index in [4.69, 9.17) is 5.26 Å². The van der Waals surface area contributed by atoms with Gasteiger partial charge in [-0.1, -0.05) is 12.1 Å². The molecule has 0 aliphatic carbocycles. The molecule has 0 radical (unpaired) electrons. The molecule has 28 heavy (non-hydrogen) atoms. The molecular formula is C20H15N5O3. The topological polar surface area (TPSA) is 117 Å². The van der Waals surface area contributed by atoms with E-state index >= 15 is 0 Å². The number of amides is 1. The summed E-state index contributed by atoms with van der Waals surface area (Å²) in [5.74, 6) is -0.492. The zero-order valence-electron chi connectivity index (χ0n) is 14.8. The van der Waals surface area contributed by atoms with Crippen LogP contribution in [-0.2, 0) is 4.74 Å². The summed E-state index contributed by atoms with van der Waals surface area (Å²) in [5.41, 5.74) is 2.08. The van der Waals surface area contributed by atoms with Crippen molar-refractivity contribution in [3.63, 3.8) is 0 Å². The summed E-state index contributed by atoms with van der Waals surface area (Å²) in [6.45, 7) is 0. The van der Waals surface area contributed by atoms with Crippen LogP contribution >= 0.6 is 0 Å². The van der Waals surface area contributed by atoms with Crippen LogP contribution in [0.3, 0.4) is 0 Å². The normalized spacial score (nSPS) is 9.86. The van der Waals surface area contributed by atoms with Crippen LogP contribution in [0.2, 0.25) is 0 Å². The monoisotopic (exact) mass is 373 g/mol. The number of methoxy groups -OCH3 is 1. The first kappa shape index (κ1) is 18.5. The summed E-state index contributed by atoms with van der Waals surface area (Å²) in [5, 5.41) is 14.8. The van der Waals surface area contributed by atoms with Crippen LogP contribution in [0.25, 0.3) is 0 Å². The molecule has 1 aromatic heterocycles. The van der Waals surface area contributed by atoms with Gasteiger partial charge in [0.1, 0.15) is 17.6 Å². The smallest absolute Gasteiger partial charge is 0.337 e. The first-order valence-corrected chi connectivity index (χ1v) is 8.18. The summed E-state index contributed by atoms with van der Waals surface area (Å²) < 4.78 is 4.63. The van der Waals surface area contributed by atoms with Gasteiger partial charge in [0, 0.05) is 5.69 Å². The average molecular weight is 373 g/mol. The number of ether oxygens (including phenoxy) is 1. The first-order valence-electron chi connectivity index (χ1n) is 8.18. The summed E-state index contributed by atoms with van der Waals surface area (Å²) in [6, 6.07) is 15.4. The molecule has 8 nitrogen and oxygen atoms in total. The predicted molar refractivity (Wildman–Crippen MR) is 102 cm³/mol. The fourth-order valence-corrected chi connectivity index (χ4v) is 2.34. The second kappa shape index (κ2) is 8.42. The van der Waals surface area contributed by atoms with E-state index in [-0.39, 0.29) is 5.69 Å². The summed E-state index contributed by atoms with van der Waals surface area (Å²) in [6.07, 6.45) is 2.74. The van der Waals surface area contributed by atoms with Gasteiger partial charge in [-0.05, 0) is 36.4 Å². The molecule has 0 atom stereocenters. The largest absolute Gasteiger partial charge is 0.465 e. The van der Waals surface area contributed by atoms with Crippen molar-refractivity contribution in [3.8, 4) is 6.07 Å². The van der Waals surface area contributed by atoms with E-state index in [0.717, 1.165) is 0 Å². The van der Waals surface area contributed by atoms with Gasteiger partial charge in [0.05, 0.1) is 36.3 Å². The summed E-state index contributed by atoms with van der Waals surface area (Å²) in [4.78, 5) is 32.0. The Hall–Kier alpha value is -4.25. The number of hydrogen-bond acceptors (Lipinski definition) is 7. The molecule has 3 rings (SSSR count). The van der Waals surface area contributed by atoms with E-state index in [9.17, 15) is 9.59 Å². The van der Waals surface area contributed by atoms with E-state index in [1.54, 1.807) is 48.5 Å². The predicted octanol–water partition coefficient (Wildman–Crippen LogP) is 3.13. The maximum absolute atomic E-state index is 12.3. The highest BCUT2D eigenvalue weighted by Crippen LogP contribution is 2.18. The van der Waals surface area contributed by atoms with Gasteiger partial charge in [-0.3, -0.25) is 4.79 Å². The molecule has 8 heteroatoms. The fraction of sp³-hybridized carbons (Fsp3) is 0.0500. The van der Waals surface area contributed by atoms with Crippen molar-refractivity contribution in [2.24, 2.45) is 0 Å². The number of carbonyl (C=O) groups is 2. The minimum Gasteiger partial charge on any atom is -0.465 e. The van der Waals surface area contributed by atoms with Gasteiger partial charge in [0.2, 0.25) is 0 Å². The third kappa shape index (κ3) is 4.28. The molecule has 0 fully saturated rings. The van der Waals surface area contributed by atoms with Crippen LogP contribution < -0.4 is 10.6 Å². The van der Waals surface area contributed by atoms with Crippen LogP contribution in [-0.4, -0.2) is 29.0 Å². The van der Waals surface area contributed by atoms with E-state index in [0.29, 0.717) is 28.3 Å². The van der Waals surface area contributed by atoms with Gasteiger partial charge in [-0.2, -0.15) is 5.26 Å². The number of nitrogens with zero attached hydrogens (tertiary/aromatic N) is 3. The molecule has 0 spiro atoms. The molecule has 0 aliphatic heterocycles. The molecule has 138 valence electrons. The van der Waals surface area contributed by atoms with E-state index in [1.807, 2.05) is 0 Å². The number of nitrogens with one attached hydrogen (secondary N) is 2. The van der Waals surface area contributed by atoms with Crippen molar-refractivity contribution in [1.29, 1.82) is 5.26 Å². The van der Waals surface area contributed by atoms with Gasteiger partial charge >= 0.3 is 5.97 Å². The quantitative estimate of drug-likeness (QED) is 0.660. The van der Waals surface area contributed by atoms with Gasteiger partial charge in [-0.15, -0.1) is 0 Å². The Bertz CT molecular complexity index is 1040. The Morgan fingerprint density at radius 3 is 2.43 bits per heavy atom. The maximum atomic E-state index is 12.3. The minimum atomic E-state index is -0.454. The molecule has 0 aliphatic rings. The van der Waals surface area contributed by atoms with Crippen LogP contribution in [0.1, 0.15) is 26.4 Å². The Labute approximate surface area is 160 Å². The molecule has 1 heterocycles. The molecule has 0 saturated heterocycles. The Morgan fingerprint density at radius 1 is 1.04 bits per heavy atom. The third-order valence-corrected chi connectivity index (χ3v) is 3.76. The van der Waals surface area contributed by atoms with Crippen molar-refractivity contribution < 1.29 is 14.3 Å². The lowest BCUT2D eigenvalue weighted by Gasteiger charge is -2.08. The lowest BCUT2D eigenvalue weighted by molar-refractivity contribution is 0.0600. The van der Waals surface area contributed by atoms with E-state index in [1.165, 1.54) is 19.5 Å². The van der Waals surface area contributed by atoms with E-state index < -0.39 is 11.9 Å². The molecule has 0 saturated carbocycles. The van der Waals surface area contributed by atoms with Gasteiger partial charge < -0.3 is 15.4 Å². The lowest BCUT2D eigenvalue weighted by Crippen LogP contribution is -2.14. The molecule has 2 N–H and O–H groups in total. The number of para-hydroxylation sites is 1. The highest BCUT2D eigenvalue weighted by atomic mass is 16.5. The van der Waals surface area contributed by atoms with Crippen molar-refractivity contribution >= 4 is 29.1 Å². The van der Waals surface area contributed by atoms with Crippen LogP contribution in [0.15, 0.2) is 60.9 Å². The average Bonchev–Trinajstić information content (AvgIpc) is 2.74. The number of carbonyl (C=O) groups excluding carboxylic acids is 2. The second-order valence-corrected chi connectivity index (χ2v) is 5.59. The highest BCUT2D eigenvalue weighted by Gasteiger charge is 2.10. The summed E-state index contributed by atoms with van der Waals surface area (Å²) >= 11 is 0. The number of esters is 1. The van der Waals surface area contributed by atoms with Gasteiger partial charge in [-0.25, -0.2) is 14.8 Å².